The summed E-state index contributed by atoms with van der Waals surface area (Å²) >= 11 is 0. The van der Waals surface area contributed by atoms with Gasteiger partial charge in [-0.2, -0.15) is 0 Å². The zero-order chi connectivity index (χ0) is 9.14. The molecule has 12 heavy (non-hydrogen) atoms. The first-order valence-corrected chi connectivity index (χ1v) is 3.94. The standard InChI is InChI=1S/C7H14O5/c1-2-11-6-5(9)4(8)3-12-7(6)10/h4-10H,2-3H2,1H3/t4-,5+,6-,7+/m1/s1. The summed E-state index contributed by atoms with van der Waals surface area (Å²) in [5.74, 6) is 0. The molecule has 1 aliphatic rings. The van der Waals surface area contributed by atoms with Crippen molar-refractivity contribution in [3.8, 4) is 0 Å². The van der Waals surface area contributed by atoms with Gasteiger partial charge in [0.15, 0.2) is 6.29 Å². The minimum Gasteiger partial charge on any atom is -0.388 e. The van der Waals surface area contributed by atoms with Gasteiger partial charge in [-0.15, -0.1) is 0 Å². The Morgan fingerprint density at radius 2 is 2.08 bits per heavy atom. The van der Waals surface area contributed by atoms with E-state index in [1.165, 1.54) is 0 Å². The molecule has 1 rings (SSSR count). The van der Waals surface area contributed by atoms with E-state index < -0.39 is 24.6 Å². The van der Waals surface area contributed by atoms with Gasteiger partial charge in [0.05, 0.1) is 6.61 Å². The molecule has 0 bridgehead atoms. The van der Waals surface area contributed by atoms with E-state index in [0.29, 0.717) is 6.61 Å². The van der Waals surface area contributed by atoms with E-state index in [-0.39, 0.29) is 6.61 Å². The molecule has 0 radical (unpaired) electrons. The SMILES string of the molecule is CCO[C@@H]1[C@@H](O)[C@H](O)CO[C@@H]1O. The van der Waals surface area contributed by atoms with Crippen molar-refractivity contribution in [1.82, 2.24) is 0 Å². The molecule has 1 aliphatic heterocycles. The van der Waals surface area contributed by atoms with Crippen LogP contribution in [0, 0.1) is 0 Å². The molecule has 72 valence electrons. The summed E-state index contributed by atoms with van der Waals surface area (Å²) in [6.45, 7) is 2.03. The molecule has 1 saturated heterocycles. The third-order valence-electron chi connectivity index (χ3n) is 1.81. The Kier molecular flexibility index (Phi) is 3.42. The van der Waals surface area contributed by atoms with Crippen LogP contribution in [0.15, 0.2) is 0 Å². The fraction of sp³-hybridized carbons (Fsp3) is 1.00. The predicted molar refractivity (Wildman–Crippen MR) is 39.4 cm³/mol. The molecular weight excluding hydrogens is 164 g/mol. The monoisotopic (exact) mass is 178 g/mol. The smallest absolute Gasteiger partial charge is 0.183 e. The summed E-state index contributed by atoms with van der Waals surface area (Å²) in [6.07, 6.45) is -4.05. The maximum absolute atomic E-state index is 9.32. The van der Waals surface area contributed by atoms with Crippen molar-refractivity contribution in [3.05, 3.63) is 0 Å². The first-order chi connectivity index (χ1) is 5.66. The Morgan fingerprint density at radius 3 is 2.67 bits per heavy atom. The molecule has 0 aromatic heterocycles. The molecule has 0 aromatic rings. The Morgan fingerprint density at radius 1 is 1.42 bits per heavy atom. The van der Waals surface area contributed by atoms with E-state index in [9.17, 15) is 5.11 Å². The van der Waals surface area contributed by atoms with Crippen molar-refractivity contribution in [3.63, 3.8) is 0 Å². The highest BCUT2D eigenvalue weighted by Gasteiger charge is 2.38. The fourth-order valence-corrected chi connectivity index (χ4v) is 1.15. The van der Waals surface area contributed by atoms with Gasteiger partial charge in [-0.3, -0.25) is 0 Å². The lowest BCUT2D eigenvalue weighted by molar-refractivity contribution is -0.263. The number of rotatable bonds is 2. The van der Waals surface area contributed by atoms with Crippen molar-refractivity contribution >= 4 is 0 Å². The van der Waals surface area contributed by atoms with Crippen molar-refractivity contribution in [1.29, 1.82) is 0 Å². The lowest BCUT2D eigenvalue weighted by Crippen LogP contribution is -2.54. The van der Waals surface area contributed by atoms with Crippen molar-refractivity contribution in [2.45, 2.75) is 31.5 Å². The second kappa shape index (κ2) is 4.15. The summed E-state index contributed by atoms with van der Waals surface area (Å²) in [7, 11) is 0. The van der Waals surface area contributed by atoms with Crippen LogP contribution in [0.25, 0.3) is 0 Å². The Hall–Kier alpha value is -0.200. The average Bonchev–Trinajstić information content (AvgIpc) is 2.06. The van der Waals surface area contributed by atoms with Crippen LogP contribution in [-0.2, 0) is 9.47 Å². The maximum atomic E-state index is 9.32. The van der Waals surface area contributed by atoms with Gasteiger partial charge in [0, 0.05) is 6.61 Å². The maximum Gasteiger partial charge on any atom is 0.183 e. The zero-order valence-electron chi connectivity index (χ0n) is 6.88. The number of hydrogen-bond donors (Lipinski definition) is 3. The van der Waals surface area contributed by atoms with Crippen LogP contribution in [0.2, 0.25) is 0 Å². The predicted octanol–water partition coefficient (Wildman–Crippen LogP) is -1.54. The highest BCUT2D eigenvalue weighted by atomic mass is 16.6. The summed E-state index contributed by atoms with van der Waals surface area (Å²) in [5.41, 5.74) is 0. The van der Waals surface area contributed by atoms with Crippen LogP contribution in [0.4, 0.5) is 0 Å². The molecule has 0 spiro atoms. The van der Waals surface area contributed by atoms with E-state index in [0.717, 1.165) is 0 Å². The van der Waals surface area contributed by atoms with Crippen LogP contribution in [0.5, 0.6) is 0 Å². The summed E-state index contributed by atoms with van der Waals surface area (Å²) in [4.78, 5) is 0. The van der Waals surface area contributed by atoms with Gasteiger partial charge < -0.3 is 24.8 Å². The van der Waals surface area contributed by atoms with Crippen molar-refractivity contribution in [2.75, 3.05) is 13.2 Å². The third kappa shape index (κ3) is 1.94. The Bertz CT molecular complexity index is 140. The molecule has 0 aliphatic carbocycles. The van der Waals surface area contributed by atoms with Crippen LogP contribution >= 0.6 is 0 Å². The van der Waals surface area contributed by atoms with Gasteiger partial charge in [0.25, 0.3) is 0 Å². The number of hydrogen-bond acceptors (Lipinski definition) is 5. The third-order valence-corrected chi connectivity index (χ3v) is 1.81. The van der Waals surface area contributed by atoms with Gasteiger partial charge in [-0.05, 0) is 6.92 Å². The van der Waals surface area contributed by atoms with Gasteiger partial charge in [0.1, 0.15) is 18.3 Å². The van der Waals surface area contributed by atoms with Gasteiger partial charge in [-0.25, -0.2) is 0 Å². The number of aliphatic hydroxyl groups is 3. The molecule has 0 unspecified atom stereocenters. The molecule has 1 fully saturated rings. The van der Waals surface area contributed by atoms with Crippen molar-refractivity contribution in [2.24, 2.45) is 0 Å². The van der Waals surface area contributed by atoms with Crippen LogP contribution < -0.4 is 0 Å². The van der Waals surface area contributed by atoms with E-state index in [1.54, 1.807) is 6.92 Å². The Labute approximate surface area is 70.5 Å². The fourth-order valence-electron chi connectivity index (χ4n) is 1.15. The lowest BCUT2D eigenvalue weighted by atomic mass is 10.1. The molecule has 0 amide bonds. The first kappa shape index (κ1) is 9.88. The van der Waals surface area contributed by atoms with Crippen LogP contribution in [0.1, 0.15) is 6.92 Å². The van der Waals surface area contributed by atoms with E-state index in [1.807, 2.05) is 0 Å². The minimum atomic E-state index is -1.15. The second-order valence-corrected chi connectivity index (χ2v) is 2.70. The molecule has 4 atom stereocenters. The lowest BCUT2D eigenvalue weighted by Gasteiger charge is -2.34. The minimum absolute atomic E-state index is 0.0636. The molecule has 5 heteroatoms. The Balaban J connectivity index is 2.52. The average molecular weight is 178 g/mol. The number of aliphatic hydroxyl groups excluding tert-OH is 3. The quantitative estimate of drug-likeness (QED) is 0.477. The van der Waals surface area contributed by atoms with Crippen molar-refractivity contribution < 1.29 is 24.8 Å². The molecule has 0 aromatic carbocycles. The second-order valence-electron chi connectivity index (χ2n) is 2.70. The summed E-state index contributed by atoms with van der Waals surface area (Å²) in [5, 5.41) is 27.6. The normalized spacial score (nSPS) is 43.0. The van der Waals surface area contributed by atoms with E-state index in [4.69, 9.17) is 19.7 Å². The molecular formula is C7H14O5. The first-order valence-electron chi connectivity index (χ1n) is 3.94. The topological polar surface area (TPSA) is 79.2 Å². The number of ether oxygens (including phenoxy) is 2. The molecule has 0 saturated carbocycles. The summed E-state index contributed by atoms with van der Waals surface area (Å²) in [6, 6.07) is 0. The van der Waals surface area contributed by atoms with E-state index in [2.05, 4.69) is 0 Å². The highest BCUT2D eigenvalue weighted by molar-refractivity contribution is 4.82. The molecule has 1 heterocycles. The van der Waals surface area contributed by atoms with Gasteiger partial charge in [-0.1, -0.05) is 0 Å². The van der Waals surface area contributed by atoms with Gasteiger partial charge >= 0.3 is 0 Å². The van der Waals surface area contributed by atoms with E-state index >= 15 is 0 Å². The molecule has 3 N–H and O–H groups in total. The van der Waals surface area contributed by atoms with Crippen LogP contribution in [-0.4, -0.2) is 53.1 Å². The summed E-state index contributed by atoms with van der Waals surface area (Å²) < 4.78 is 9.74. The molecule has 5 nitrogen and oxygen atoms in total. The highest BCUT2D eigenvalue weighted by Crippen LogP contribution is 2.16. The largest absolute Gasteiger partial charge is 0.388 e. The zero-order valence-corrected chi connectivity index (χ0v) is 6.88. The van der Waals surface area contributed by atoms with Gasteiger partial charge in [0.2, 0.25) is 0 Å². The van der Waals surface area contributed by atoms with Crippen LogP contribution in [0.3, 0.4) is 0 Å².